The van der Waals surface area contributed by atoms with E-state index in [2.05, 4.69) is 150 Å². The smallest absolute Gasteiger partial charge is 0.160 e. The summed E-state index contributed by atoms with van der Waals surface area (Å²) in [6, 6.07) is 64.0. The third-order valence-electron chi connectivity index (χ3n) is 10.4. The zero-order valence-corrected chi connectivity index (χ0v) is 29.8. The molecule has 0 unspecified atom stereocenters. The number of pyridine rings is 1. The van der Waals surface area contributed by atoms with Crippen LogP contribution in [0.3, 0.4) is 0 Å². The second-order valence-electron chi connectivity index (χ2n) is 13.6. The summed E-state index contributed by atoms with van der Waals surface area (Å²) in [5.41, 5.74) is 10.3. The summed E-state index contributed by atoms with van der Waals surface area (Å²) in [5, 5.41) is 7.38. The molecule has 0 atom stereocenters. The van der Waals surface area contributed by atoms with Gasteiger partial charge in [0.1, 0.15) is 4.83 Å². The number of para-hydroxylation sites is 2. The van der Waals surface area contributed by atoms with Crippen LogP contribution in [0.15, 0.2) is 182 Å². The van der Waals surface area contributed by atoms with Gasteiger partial charge >= 0.3 is 0 Å². The fourth-order valence-corrected chi connectivity index (χ4v) is 9.21. The highest BCUT2D eigenvalue weighted by Crippen LogP contribution is 2.48. The van der Waals surface area contributed by atoms with Crippen LogP contribution in [0.4, 0.5) is 0 Å². The molecule has 11 aromatic rings. The van der Waals surface area contributed by atoms with E-state index in [1.54, 1.807) is 0 Å². The van der Waals surface area contributed by atoms with E-state index in [-0.39, 0.29) is 0 Å². The molecule has 11 rings (SSSR count). The average Bonchev–Trinajstić information content (AvgIpc) is 3.79. The summed E-state index contributed by atoms with van der Waals surface area (Å²) in [6.45, 7) is 0. The molecule has 0 radical (unpaired) electrons. The summed E-state index contributed by atoms with van der Waals surface area (Å²) >= 11 is 1.83. The minimum absolute atomic E-state index is 0.711. The van der Waals surface area contributed by atoms with Crippen molar-refractivity contribution in [2.24, 2.45) is 0 Å². The molecule has 0 aliphatic carbocycles. The number of thiophene rings is 1. The third-order valence-corrected chi connectivity index (χ3v) is 11.6. The Bertz CT molecular complexity index is 3140. The van der Waals surface area contributed by atoms with E-state index in [0.29, 0.717) is 5.82 Å². The van der Waals surface area contributed by atoms with Crippen molar-refractivity contribution in [1.82, 2.24) is 19.5 Å². The Balaban J connectivity index is 1.11. The lowest BCUT2D eigenvalue weighted by molar-refractivity contribution is 1.17. The maximum Gasteiger partial charge on any atom is 0.160 e. The highest BCUT2D eigenvalue weighted by Gasteiger charge is 2.23. The Morgan fingerprint density at radius 1 is 0.426 bits per heavy atom. The van der Waals surface area contributed by atoms with Crippen LogP contribution < -0.4 is 0 Å². The molecule has 0 fully saturated rings. The molecule has 0 saturated carbocycles. The van der Waals surface area contributed by atoms with E-state index in [1.807, 2.05) is 47.7 Å². The van der Waals surface area contributed by atoms with Gasteiger partial charge in [-0.15, -0.1) is 11.3 Å². The second-order valence-corrected chi connectivity index (χ2v) is 14.6. The van der Waals surface area contributed by atoms with Gasteiger partial charge in [-0.2, -0.15) is 0 Å². The highest BCUT2D eigenvalue weighted by atomic mass is 32.1. The van der Waals surface area contributed by atoms with Crippen LogP contribution in [0.25, 0.3) is 104 Å². The van der Waals surface area contributed by atoms with Crippen LogP contribution in [0, 0.1) is 0 Å². The van der Waals surface area contributed by atoms with Gasteiger partial charge in [0.25, 0.3) is 0 Å². The monoisotopic (exact) mass is 706 g/mol. The summed E-state index contributed by atoms with van der Waals surface area (Å²) in [7, 11) is 0. The maximum absolute atomic E-state index is 5.33. The predicted octanol–water partition coefficient (Wildman–Crippen LogP) is 13.2. The molecule has 7 aromatic carbocycles. The molecule has 0 bridgehead atoms. The molecule has 0 aliphatic rings. The van der Waals surface area contributed by atoms with E-state index >= 15 is 0 Å². The van der Waals surface area contributed by atoms with Crippen LogP contribution in [-0.4, -0.2) is 19.5 Å². The minimum atomic E-state index is 0.711. The summed E-state index contributed by atoms with van der Waals surface area (Å²) < 4.78 is 3.62. The number of fused-ring (bicyclic) bond motifs is 8. The molecule has 252 valence electrons. The summed E-state index contributed by atoms with van der Waals surface area (Å²) in [5.74, 6) is 0.711. The standard InChI is InChI=1S/C49H30N4S/c1-3-14-32(15-4-1)41-30-42(52-48(51-41)34-16-5-2-6-17-34)33-25-27-37(28-26-33)53-43-22-12-10-20-39(43)45-44-38-19-9-11-21-40(38)50-46(47(44)54-49(45)53)36-24-23-31-13-7-8-18-35(31)29-36/h1-30H. The van der Waals surface area contributed by atoms with Crippen LogP contribution in [-0.2, 0) is 0 Å². The van der Waals surface area contributed by atoms with E-state index in [1.165, 1.54) is 47.4 Å². The Hall–Kier alpha value is -6.95. The molecule has 4 heterocycles. The number of aromatic nitrogens is 4. The van der Waals surface area contributed by atoms with Gasteiger partial charge in [0.15, 0.2) is 5.82 Å². The van der Waals surface area contributed by atoms with E-state index < -0.39 is 0 Å². The first-order valence-corrected chi connectivity index (χ1v) is 18.9. The van der Waals surface area contributed by atoms with E-state index in [9.17, 15) is 0 Å². The molecule has 54 heavy (non-hydrogen) atoms. The first-order valence-electron chi connectivity index (χ1n) is 18.1. The van der Waals surface area contributed by atoms with Crippen molar-refractivity contribution in [1.29, 1.82) is 0 Å². The van der Waals surface area contributed by atoms with Crippen molar-refractivity contribution >= 4 is 64.2 Å². The Morgan fingerprint density at radius 3 is 1.81 bits per heavy atom. The van der Waals surface area contributed by atoms with Crippen LogP contribution in [0.1, 0.15) is 0 Å². The average molecular weight is 707 g/mol. The quantitative estimate of drug-likeness (QED) is 0.179. The number of rotatable bonds is 5. The molecular formula is C49H30N4S. The van der Waals surface area contributed by atoms with Gasteiger partial charge in [0, 0.05) is 49.5 Å². The molecule has 4 nitrogen and oxygen atoms in total. The van der Waals surface area contributed by atoms with Gasteiger partial charge in [-0.3, -0.25) is 0 Å². The number of nitrogens with zero attached hydrogens (tertiary/aromatic N) is 4. The molecule has 0 spiro atoms. The lowest BCUT2D eigenvalue weighted by Crippen LogP contribution is -1.96. The van der Waals surface area contributed by atoms with Crippen molar-refractivity contribution in [3.05, 3.63) is 182 Å². The lowest BCUT2D eigenvalue weighted by atomic mass is 10.0. The van der Waals surface area contributed by atoms with E-state index in [0.717, 1.165) is 50.5 Å². The number of benzene rings is 7. The highest BCUT2D eigenvalue weighted by molar-refractivity contribution is 7.26. The molecule has 4 aromatic heterocycles. The summed E-state index contributed by atoms with van der Waals surface area (Å²) in [4.78, 5) is 16.6. The van der Waals surface area contributed by atoms with E-state index in [4.69, 9.17) is 15.0 Å². The molecule has 0 aliphatic heterocycles. The zero-order chi connectivity index (χ0) is 35.6. The van der Waals surface area contributed by atoms with Crippen molar-refractivity contribution in [3.63, 3.8) is 0 Å². The lowest BCUT2D eigenvalue weighted by Gasteiger charge is -2.11. The first kappa shape index (κ1) is 30.7. The topological polar surface area (TPSA) is 43.6 Å². The number of hydrogen-bond donors (Lipinski definition) is 0. The minimum Gasteiger partial charge on any atom is -0.301 e. The number of hydrogen-bond acceptors (Lipinski definition) is 4. The fraction of sp³-hybridized carbons (Fsp3) is 0. The van der Waals surface area contributed by atoms with Crippen LogP contribution in [0.2, 0.25) is 0 Å². The largest absolute Gasteiger partial charge is 0.301 e. The first-order chi connectivity index (χ1) is 26.8. The third kappa shape index (κ3) is 4.94. The summed E-state index contributed by atoms with van der Waals surface area (Å²) in [6.07, 6.45) is 0. The fourth-order valence-electron chi connectivity index (χ4n) is 7.83. The van der Waals surface area contributed by atoms with Crippen molar-refractivity contribution in [3.8, 4) is 50.8 Å². The van der Waals surface area contributed by atoms with Crippen LogP contribution in [0.5, 0.6) is 0 Å². The second kappa shape index (κ2) is 12.3. The molecule has 0 saturated heterocycles. The molecule has 0 amide bonds. The van der Waals surface area contributed by atoms with Gasteiger partial charge in [0.2, 0.25) is 0 Å². The Labute approximate surface area is 315 Å². The van der Waals surface area contributed by atoms with Crippen molar-refractivity contribution in [2.45, 2.75) is 0 Å². The molecule has 0 N–H and O–H groups in total. The van der Waals surface area contributed by atoms with Gasteiger partial charge in [-0.1, -0.05) is 146 Å². The van der Waals surface area contributed by atoms with Crippen LogP contribution >= 0.6 is 11.3 Å². The predicted molar refractivity (Wildman–Crippen MR) is 226 cm³/mol. The van der Waals surface area contributed by atoms with Crippen molar-refractivity contribution in [2.75, 3.05) is 0 Å². The zero-order valence-electron chi connectivity index (χ0n) is 29.0. The Morgan fingerprint density at radius 2 is 1.04 bits per heavy atom. The molecular weight excluding hydrogens is 677 g/mol. The van der Waals surface area contributed by atoms with Gasteiger partial charge in [-0.05, 0) is 47.2 Å². The Kier molecular flexibility index (Phi) is 7.00. The van der Waals surface area contributed by atoms with Gasteiger partial charge < -0.3 is 4.57 Å². The van der Waals surface area contributed by atoms with Gasteiger partial charge in [0.05, 0.1) is 32.8 Å². The maximum atomic E-state index is 5.33. The SMILES string of the molecule is c1ccc(-c2cc(-c3ccc(-n4c5ccccc5c5c6c(sc54)c(-c4ccc5ccccc5c4)nc4ccccc46)cc3)nc(-c3ccccc3)n2)cc1. The van der Waals surface area contributed by atoms with Crippen molar-refractivity contribution < 1.29 is 0 Å². The molecule has 5 heteroatoms. The normalized spacial score (nSPS) is 11.7. The van der Waals surface area contributed by atoms with Gasteiger partial charge in [-0.25, -0.2) is 15.0 Å².